The highest BCUT2D eigenvalue weighted by molar-refractivity contribution is 5.10. The Balaban J connectivity index is 2.39. The molecule has 0 aliphatic rings. The summed E-state index contributed by atoms with van der Waals surface area (Å²) in [6.07, 6.45) is 0.0965. The first-order chi connectivity index (χ1) is 9.11. The maximum Gasteiger partial charge on any atom is 0.0892 e. The predicted molar refractivity (Wildman–Crippen MR) is 77.0 cm³/mol. The van der Waals surface area contributed by atoms with E-state index in [1.807, 2.05) is 32.0 Å². The molecule has 1 heterocycles. The van der Waals surface area contributed by atoms with Crippen LogP contribution in [0.25, 0.3) is 0 Å². The normalized spacial score (nSPS) is 12.9. The number of aromatic nitrogens is 1. The number of rotatable bonds is 9. The standard InChI is InChI=1S/C15H26N2O2/c1-5-18-10-13(4)19-11-15-8-6-7-14(17-15)9-16-12(2)3/h6-8,12-13,16H,5,9-11H2,1-4H3. The first kappa shape index (κ1) is 16.1. The highest BCUT2D eigenvalue weighted by Crippen LogP contribution is 2.04. The van der Waals surface area contributed by atoms with Crippen LogP contribution in [0.1, 0.15) is 39.1 Å². The van der Waals surface area contributed by atoms with E-state index in [-0.39, 0.29) is 6.10 Å². The van der Waals surface area contributed by atoms with Crippen LogP contribution in [0.5, 0.6) is 0 Å². The molecule has 0 fully saturated rings. The third-order valence-corrected chi connectivity index (χ3v) is 2.63. The second-order valence-corrected chi connectivity index (χ2v) is 4.94. The Kier molecular flexibility index (Phi) is 7.63. The van der Waals surface area contributed by atoms with Gasteiger partial charge in [-0.1, -0.05) is 19.9 Å². The lowest BCUT2D eigenvalue weighted by atomic mass is 10.3. The van der Waals surface area contributed by atoms with Crippen molar-refractivity contribution in [2.45, 2.75) is 53.0 Å². The Morgan fingerprint density at radius 2 is 1.95 bits per heavy atom. The van der Waals surface area contributed by atoms with Crippen LogP contribution in [0.2, 0.25) is 0 Å². The van der Waals surface area contributed by atoms with Crippen LogP contribution in [0.15, 0.2) is 18.2 Å². The van der Waals surface area contributed by atoms with E-state index < -0.39 is 0 Å². The molecule has 0 saturated heterocycles. The van der Waals surface area contributed by atoms with Gasteiger partial charge >= 0.3 is 0 Å². The lowest BCUT2D eigenvalue weighted by Gasteiger charge is -2.13. The Bertz CT molecular complexity index is 356. The summed E-state index contributed by atoms with van der Waals surface area (Å²) in [6.45, 7) is 10.9. The molecule has 0 saturated carbocycles. The Hall–Kier alpha value is -0.970. The third-order valence-electron chi connectivity index (χ3n) is 2.63. The molecule has 0 spiro atoms. The monoisotopic (exact) mass is 266 g/mol. The molecule has 4 nitrogen and oxygen atoms in total. The van der Waals surface area contributed by atoms with Crippen molar-refractivity contribution >= 4 is 0 Å². The zero-order chi connectivity index (χ0) is 14.1. The van der Waals surface area contributed by atoms with Gasteiger partial charge in [-0.2, -0.15) is 0 Å². The number of nitrogens with one attached hydrogen (secondary N) is 1. The molecule has 19 heavy (non-hydrogen) atoms. The molecular formula is C15H26N2O2. The lowest BCUT2D eigenvalue weighted by Crippen LogP contribution is -2.22. The molecule has 0 aliphatic heterocycles. The van der Waals surface area contributed by atoms with E-state index in [2.05, 4.69) is 24.1 Å². The van der Waals surface area contributed by atoms with E-state index in [1.54, 1.807) is 0 Å². The van der Waals surface area contributed by atoms with Crippen LogP contribution in [0.4, 0.5) is 0 Å². The fraction of sp³-hybridized carbons (Fsp3) is 0.667. The molecular weight excluding hydrogens is 240 g/mol. The van der Waals surface area contributed by atoms with Crippen LogP contribution < -0.4 is 5.32 Å². The van der Waals surface area contributed by atoms with Crippen molar-refractivity contribution in [3.8, 4) is 0 Å². The summed E-state index contributed by atoms with van der Waals surface area (Å²) in [6, 6.07) is 6.51. The minimum absolute atomic E-state index is 0.0965. The smallest absolute Gasteiger partial charge is 0.0892 e. The molecule has 0 aromatic carbocycles. The van der Waals surface area contributed by atoms with Gasteiger partial charge in [-0.15, -0.1) is 0 Å². The zero-order valence-electron chi connectivity index (χ0n) is 12.5. The third kappa shape index (κ3) is 7.25. The van der Waals surface area contributed by atoms with Gasteiger partial charge in [-0.3, -0.25) is 4.98 Å². The van der Waals surface area contributed by atoms with E-state index in [4.69, 9.17) is 9.47 Å². The van der Waals surface area contributed by atoms with Crippen molar-refractivity contribution in [3.63, 3.8) is 0 Å². The van der Waals surface area contributed by atoms with E-state index in [1.165, 1.54) is 0 Å². The molecule has 0 radical (unpaired) electrons. The average Bonchev–Trinajstić information content (AvgIpc) is 2.41. The average molecular weight is 266 g/mol. The fourth-order valence-electron chi connectivity index (χ4n) is 1.58. The van der Waals surface area contributed by atoms with Gasteiger partial charge in [0.05, 0.1) is 30.7 Å². The topological polar surface area (TPSA) is 43.4 Å². The minimum atomic E-state index is 0.0965. The second kappa shape index (κ2) is 9.02. The zero-order valence-corrected chi connectivity index (χ0v) is 12.5. The van der Waals surface area contributed by atoms with E-state index in [0.29, 0.717) is 19.3 Å². The lowest BCUT2D eigenvalue weighted by molar-refractivity contribution is -0.0127. The Labute approximate surface area is 116 Å². The van der Waals surface area contributed by atoms with Crippen molar-refractivity contribution in [2.75, 3.05) is 13.2 Å². The molecule has 1 N–H and O–H groups in total. The molecule has 4 heteroatoms. The van der Waals surface area contributed by atoms with Crippen LogP contribution in [0, 0.1) is 0 Å². The molecule has 1 atom stereocenters. The van der Waals surface area contributed by atoms with Gasteiger partial charge in [-0.05, 0) is 26.0 Å². The first-order valence-corrected chi connectivity index (χ1v) is 6.99. The second-order valence-electron chi connectivity index (χ2n) is 4.94. The van der Waals surface area contributed by atoms with Gasteiger partial charge in [0.15, 0.2) is 0 Å². The van der Waals surface area contributed by atoms with Crippen molar-refractivity contribution < 1.29 is 9.47 Å². The number of hydrogen-bond acceptors (Lipinski definition) is 4. The van der Waals surface area contributed by atoms with Crippen molar-refractivity contribution in [3.05, 3.63) is 29.6 Å². The Morgan fingerprint density at radius 1 is 1.21 bits per heavy atom. The van der Waals surface area contributed by atoms with Crippen molar-refractivity contribution in [2.24, 2.45) is 0 Å². The minimum Gasteiger partial charge on any atom is -0.379 e. The van der Waals surface area contributed by atoms with Crippen LogP contribution in [-0.4, -0.2) is 30.3 Å². The van der Waals surface area contributed by atoms with Gasteiger partial charge < -0.3 is 14.8 Å². The molecule has 0 aliphatic carbocycles. The number of pyridine rings is 1. The van der Waals surface area contributed by atoms with Gasteiger partial charge in [0.2, 0.25) is 0 Å². The van der Waals surface area contributed by atoms with E-state index >= 15 is 0 Å². The Morgan fingerprint density at radius 3 is 2.63 bits per heavy atom. The summed E-state index contributed by atoms with van der Waals surface area (Å²) < 4.78 is 11.0. The summed E-state index contributed by atoms with van der Waals surface area (Å²) in [7, 11) is 0. The fourth-order valence-corrected chi connectivity index (χ4v) is 1.58. The molecule has 1 unspecified atom stereocenters. The van der Waals surface area contributed by atoms with Gasteiger partial charge in [0.1, 0.15) is 0 Å². The van der Waals surface area contributed by atoms with Crippen LogP contribution >= 0.6 is 0 Å². The summed E-state index contributed by atoms with van der Waals surface area (Å²) in [4.78, 5) is 4.57. The van der Waals surface area contributed by atoms with Gasteiger partial charge in [0.25, 0.3) is 0 Å². The summed E-state index contributed by atoms with van der Waals surface area (Å²) in [5.41, 5.74) is 2.01. The largest absolute Gasteiger partial charge is 0.379 e. The summed E-state index contributed by atoms with van der Waals surface area (Å²) in [5, 5.41) is 3.36. The SMILES string of the molecule is CCOCC(C)OCc1cccc(CNC(C)C)n1. The van der Waals surface area contributed by atoms with Crippen molar-refractivity contribution in [1.29, 1.82) is 0 Å². The van der Waals surface area contributed by atoms with E-state index in [9.17, 15) is 0 Å². The van der Waals surface area contributed by atoms with Crippen LogP contribution in [-0.2, 0) is 22.6 Å². The quantitative estimate of drug-likeness (QED) is 0.746. The van der Waals surface area contributed by atoms with Gasteiger partial charge in [-0.25, -0.2) is 0 Å². The van der Waals surface area contributed by atoms with Gasteiger partial charge in [0, 0.05) is 19.2 Å². The summed E-state index contributed by atoms with van der Waals surface area (Å²) in [5.74, 6) is 0. The molecule has 1 rings (SSSR count). The molecule has 0 amide bonds. The van der Waals surface area contributed by atoms with E-state index in [0.717, 1.165) is 24.5 Å². The number of ether oxygens (including phenoxy) is 2. The highest BCUT2D eigenvalue weighted by atomic mass is 16.5. The molecule has 1 aromatic heterocycles. The van der Waals surface area contributed by atoms with Crippen LogP contribution in [0.3, 0.4) is 0 Å². The highest BCUT2D eigenvalue weighted by Gasteiger charge is 2.04. The number of nitrogens with zero attached hydrogens (tertiary/aromatic N) is 1. The first-order valence-electron chi connectivity index (χ1n) is 6.99. The molecule has 108 valence electrons. The maximum absolute atomic E-state index is 5.70. The molecule has 1 aromatic rings. The predicted octanol–water partition coefficient (Wildman–Crippen LogP) is 2.52. The number of hydrogen-bond donors (Lipinski definition) is 1. The summed E-state index contributed by atoms with van der Waals surface area (Å²) >= 11 is 0. The molecule has 0 bridgehead atoms. The van der Waals surface area contributed by atoms with Crippen molar-refractivity contribution in [1.82, 2.24) is 10.3 Å². The maximum atomic E-state index is 5.70.